The lowest BCUT2D eigenvalue weighted by Gasteiger charge is -2.32. The molecule has 0 bridgehead atoms. The average Bonchev–Trinajstić information content (AvgIpc) is 3.10. The largest absolute Gasteiger partial charge is 0.468 e. The molecular weight excluding hydrogens is 288 g/mol. The van der Waals surface area contributed by atoms with Crippen molar-refractivity contribution in [2.24, 2.45) is 4.99 Å². The van der Waals surface area contributed by atoms with Gasteiger partial charge in [0.15, 0.2) is 5.96 Å². The maximum absolute atomic E-state index is 5.69. The van der Waals surface area contributed by atoms with Gasteiger partial charge in [-0.25, -0.2) is 0 Å². The van der Waals surface area contributed by atoms with Crippen LogP contribution in [0.25, 0.3) is 0 Å². The van der Waals surface area contributed by atoms with E-state index < -0.39 is 0 Å². The summed E-state index contributed by atoms with van der Waals surface area (Å²) in [6, 6.07) is 4.29. The zero-order chi connectivity index (χ0) is 16.3. The van der Waals surface area contributed by atoms with Gasteiger partial charge in [-0.3, -0.25) is 9.89 Å². The average molecular weight is 320 g/mol. The third-order valence-corrected chi connectivity index (χ3v) is 4.29. The first-order valence-electron chi connectivity index (χ1n) is 9.14. The van der Waals surface area contributed by atoms with Crippen LogP contribution in [0.2, 0.25) is 0 Å². The van der Waals surface area contributed by atoms with E-state index in [2.05, 4.69) is 35.4 Å². The summed E-state index contributed by atoms with van der Waals surface area (Å²) in [5.41, 5.74) is 0. The van der Waals surface area contributed by atoms with Gasteiger partial charge < -0.3 is 15.1 Å². The zero-order valence-electron chi connectivity index (χ0n) is 14.7. The molecular formula is C18H32N4O. The second kappa shape index (κ2) is 10.3. The molecule has 5 nitrogen and oxygen atoms in total. The van der Waals surface area contributed by atoms with Crippen molar-refractivity contribution in [3.05, 3.63) is 24.2 Å². The van der Waals surface area contributed by atoms with E-state index in [-0.39, 0.29) is 6.04 Å². The molecule has 0 aliphatic carbocycles. The van der Waals surface area contributed by atoms with E-state index in [0.29, 0.717) is 0 Å². The van der Waals surface area contributed by atoms with Gasteiger partial charge in [0.2, 0.25) is 0 Å². The Hall–Kier alpha value is -1.49. The second-order valence-corrected chi connectivity index (χ2v) is 6.13. The van der Waals surface area contributed by atoms with Crippen molar-refractivity contribution in [1.29, 1.82) is 0 Å². The molecule has 1 aliphatic rings. The van der Waals surface area contributed by atoms with Gasteiger partial charge in [-0.1, -0.05) is 19.8 Å². The van der Waals surface area contributed by atoms with Crippen molar-refractivity contribution >= 4 is 5.96 Å². The minimum absolute atomic E-state index is 0.243. The number of nitrogens with zero attached hydrogens (tertiary/aromatic N) is 2. The molecule has 130 valence electrons. The number of unbranched alkanes of at least 4 members (excludes halogenated alkanes) is 1. The van der Waals surface area contributed by atoms with E-state index in [1.165, 1.54) is 25.7 Å². The lowest BCUT2D eigenvalue weighted by molar-refractivity contribution is 0.150. The molecule has 1 saturated heterocycles. The van der Waals surface area contributed by atoms with E-state index in [9.17, 15) is 0 Å². The molecule has 1 aromatic rings. The van der Waals surface area contributed by atoms with Crippen molar-refractivity contribution in [3.63, 3.8) is 0 Å². The molecule has 1 atom stereocenters. The molecule has 1 aliphatic heterocycles. The highest BCUT2D eigenvalue weighted by Crippen LogP contribution is 2.25. The monoisotopic (exact) mass is 320 g/mol. The highest BCUT2D eigenvalue weighted by Gasteiger charge is 2.24. The number of furan rings is 1. The van der Waals surface area contributed by atoms with E-state index in [0.717, 1.165) is 50.9 Å². The van der Waals surface area contributed by atoms with Crippen molar-refractivity contribution in [2.45, 2.75) is 52.0 Å². The normalized spacial score (nSPS) is 17.9. The molecule has 0 radical (unpaired) electrons. The van der Waals surface area contributed by atoms with Gasteiger partial charge in [-0.05, 0) is 51.4 Å². The first kappa shape index (κ1) is 17.9. The van der Waals surface area contributed by atoms with Crippen molar-refractivity contribution in [3.8, 4) is 0 Å². The SMILES string of the molecule is CCCCNC(=NCC(c1ccco1)N1CCCCC1)NCC. The minimum Gasteiger partial charge on any atom is -0.468 e. The first-order chi connectivity index (χ1) is 11.3. The Bertz CT molecular complexity index is 438. The minimum atomic E-state index is 0.243. The quantitative estimate of drug-likeness (QED) is 0.439. The van der Waals surface area contributed by atoms with Gasteiger partial charge in [0, 0.05) is 13.1 Å². The van der Waals surface area contributed by atoms with Gasteiger partial charge in [0.1, 0.15) is 5.76 Å². The van der Waals surface area contributed by atoms with Gasteiger partial charge >= 0.3 is 0 Å². The van der Waals surface area contributed by atoms with Crippen LogP contribution < -0.4 is 10.6 Å². The number of guanidine groups is 1. The Kier molecular flexibility index (Phi) is 8.01. The Morgan fingerprint density at radius 2 is 2.09 bits per heavy atom. The number of likely N-dealkylation sites (tertiary alicyclic amines) is 1. The molecule has 1 aromatic heterocycles. The summed E-state index contributed by atoms with van der Waals surface area (Å²) in [6.07, 6.45) is 8.01. The van der Waals surface area contributed by atoms with Crippen molar-refractivity contribution < 1.29 is 4.42 Å². The summed E-state index contributed by atoms with van der Waals surface area (Å²) in [4.78, 5) is 7.32. The van der Waals surface area contributed by atoms with E-state index in [4.69, 9.17) is 9.41 Å². The van der Waals surface area contributed by atoms with Crippen LogP contribution in [0, 0.1) is 0 Å². The molecule has 0 aromatic carbocycles. The summed E-state index contributed by atoms with van der Waals surface area (Å²) in [5.74, 6) is 1.94. The van der Waals surface area contributed by atoms with Crippen molar-refractivity contribution in [2.75, 3.05) is 32.7 Å². The van der Waals surface area contributed by atoms with Gasteiger partial charge in [0.25, 0.3) is 0 Å². The summed E-state index contributed by atoms with van der Waals surface area (Å²) in [6.45, 7) is 9.17. The molecule has 1 fully saturated rings. The fraction of sp³-hybridized carbons (Fsp3) is 0.722. The number of hydrogen-bond acceptors (Lipinski definition) is 3. The maximum Gasteiger partial charge on any atom is 0.191 e. The molecule has 2 heterocycles. The van der Waals surface area contributed by atoms with Crippen LogP contribution in [0.4, 0.5) is 0 Å². The molecule has 0 saturated carbocycles. The number of piperidine rings is 1. The summed E-state index contributed by atoms with van der Waals surface area (Å²) >= 11 is 0. The summed E-state index contributed by atoms with van der Waals surface area (Å²) in [7, 11) is 0. The molecule has 1 unspecified atom stereocenters. The summed E-state index contributed by atoms with van der Waals surface area (Å²) < 4.78 is 5.69. The second-order valence-electron chi connectivity index (χ2n) is 6.13. The molecule has 2 N–H and O–H groups in total. The molecule has 0 amide bonds. The Balaban J connectivity index is 2.01. The topological polar surface area (TPSA) is 52.8 Å². The summed E-state index contributed by atoms with van der Waals surface area (Å²) in [5, 5.41) is 6.75. The maximum atomic E-state index is 5.69. The van der Waals surface area contributed by atoms with Gasteiger partial charge in [-0.2, -0.15) is 0 Å². The zero-order valence-corrected chi connectivity index (χ0v) is 14.7. The van der Waals surface area contributed by atoms with E-state index in [1.807, 2.05) is 6.07 Å². The predicted molar refractivity (Wildman–Crippen MR) is 95.8 cm³/mol. The van der Waals surface area contributed by atoms with Crippen LogP contribution in [0.5, 0.6) is 0 Å². The Morgan fingerprint density at radius 3 is 2.74 bits per heavy atom. The molecule has 2 rings (SSSR count). The van der Waals surface area contributed by atoms with Crippen LogP contribution in [-0.2, 0) is 0 Å². The van der Waals surface area contributed by atoms with Crippen LogP contribution in [0.1, 0.15) is 57.8 Å². The molecule has 23 heavy (non-hydrogen) atoms. The highest BCUT2D eigenvalue weighted by atomic mass is 16.3. The van der Waals surface area contributed by atoms with Crippen molar-refractivity contribution in [1.82, 2.24) is 15.5 Å². The van der Waals surface area contributed by atoms with Crippen LogP contribution in [0.3, 0.4) is 0 Å². The molecule has 0 spiro atoms. The van der Waals surface area contributed by atoms with Crippen LogP contribution in [0.15, 0.2) is 27.8 Å². The Morgan fingerprint density at radius 1 is 1.26 bits per heavy atom. The van der Waals surface area contributed by atoms with Gasteiger partial charge in [0.05, 0.1) is 18.8 Å². The molecule has 5 heteroatoms. The number of hydrogen-bond donors (Lipinski definition) is 2. The number of aliphatic imine (C=N–C) groups is 1. The van der Waals surface area contributed by atoms with Gasteiger partial charge in [-0.15, -0.1) is 0 Å². The lowest BCUT2D eigenvalue weighted by atomic mass is 10.1. The highest BCUT2D eigenvalue weighted by molar-refractivity contribution is 5.79. The number of nitrogens with one attached hydrogen (secondary N) is 2. The fourth-order valence-corrected chi connectivity index (χ4v) is 3.00. The lowest BCUT2D eigenvalue weighted by Crippen LogP contribution is -2.39. The third-order valence-electron chi connectivity index (χ3n) is 4.29. The fourth-order valence-electron chi connectivity index (χ4n) is 3.00. The smallest absolute Gasteiger partial charge is 0.191 e. The Labute approximate surface area is 140 Å². The number of rotatable bonds is 8. The first-order valence-corrected chi connectivity index (χ1v) is 9.14. The predicted octanol–water partition coefficient (Wildman–Crippen LogP) is 3.16. The standard InChI is InChI=1S/C18H32N4O/c1-3-5-11-20-18(19-4-2)21-15-16(17-10-9-14-23-17)22-12-7-6-8-13-22/h9-10,14,16H,3-8,11-13,15H2,1-2H3,(H2,19,20,21). The van der Waals surface area contributed by atoms with E-state index in [1.54, 1.807) is 6.26 Å². The van der Waals surface area contributed by atoms with Crippen LogP contribution in [-0.4, -0.2) is 43.6 Å². The van der Waals surface area contributed by atoms with Crippen LogP contribution >= 0.6 is 0 Å². The van der Waals surface area contributed by atoms with E-state index >= 15 is 0 Å². The third kappa shape index (κ3) is 5.90.